The van der Waals surface area contributed by atoms with Crippen molar-refractivity contribution in [1.82, 2.24) is 20.4 Å². The number of amides is 2. The standard InChI is InChI=1S/C26H32N4O7.C2H6/c1-16-22(23(33)17(2)31)20(15-30(16)26(36)7-6-21(32)28-25(26)35)24(34)27-13-18-4-3-5-19(12-18)14-29-8-10-37-11-9-29;1-2/h3-5,12,27,31,33-34,36H,1-2,6-11,13-15H2,(H,28,32,35);1-2H3/b23-22+,24-20-;. The van der Waals surface area contributed by atoms with Gasteiger partial charge in [-0.2, -0.15) is 0 Å². The SMILES string of the molecule is C=C(O)/C(O)=C1/C(=C)N(C2(O)CCC(=O)NC2=O)C/C1=C(/O)NCc1cccc(CN2CCOCC2)c1.CC. The van der Waals surface area contributed by atoms with Crippen LogP contribution in [0.25, 0.3) is 0 Å². The van der Waals surface area contributed by atoms with Crippen molar-refractivity contribution in [3.8, 4) is 0 Å². The van der Waals surface area contributed by atoms with E-state index in [2.05, 4.69) is 28.7 Å². The third-order valence-electron chi connectivity index (χ3n) is 6.75. The van der Waals surface area contributed by atoms with Crippen molar-refractivity contribution in [3.63, 3.8) is 0 Å². The first kappa shape index (κ1) is 29.8. The minimum atomic E-state index is -2.14. The molecule has 1 atom stereocenters. The van der Waals surface area contributed by atoms with Gasteiger partial charge in [0.15, 0.2) is 17.4 Å². The molecule has 2 amide bonds. The Bertz CT molecular complexity index is 1190. The summed E-state index contributed by atoms with van der Waals surface area (Å²) < 4.78 is 5.40. The number of likely N-dealkylation sites (tertiary alicyclic amines) is 1. The zero-order valence-corrected chi connectivity index (χ0v) is 22.5. The van der Waals surface area contributed by atoms with Crippen molar-refractivity contribution in [1.29, 1.82) is 0 Å². The van der Waals surface area contributed by atoms with Gasteiger partial charge in [0, 0.05) is 50.3 Å². The van der Waals surface area contributed by atoms with Crippen LogP contribution >= 0.6 is 0 Å². The van der Waals surface area contributed by atoms with Crippen molar-refractivity contribution >= 4 is 11.8 Å². The Morgan fingerprint density at radius 2 is 1.82 bits per heavy atom. The van der Waals surface area contributed by atoms with Crippen LogP contribution in [-0.2, 0) is 27.4 Å². The fraction of sp³-hybridized carbons (Fsp3) is 0.429. The van der Waals surface area contributed by atoms with Crippen LogP contribution in [0.4, 0.5) is 0 Å². The molecule has 1 aromatic rings. The highest BCUT2D eigenvalue weighted by Gasteiger charge is 2.50. The van der Waals surface area contributed by atoms with Gasteiger partial charge in [0.05, 0.1) is 25.3 Å². The maximum absolute atomic E-state index is 12.5. The molecule has 0 bridgehead atoms. The lowest BCUT2D eigenvalue weighted by Gasteiger charge is -2.39. The molecule has 0 aliphatic carbocycles. The summed E-state index contributed by atoms with van der Waals surface area (Å²) in [5.74, 6) is -3.11. The largest absolute Gasteiger partial charge is 0.505 e. The average Bonchev–Trinajstić information content (AvgIpc) is 3.28. The molecule has 3 fully saturated rings. The summed E-state index contributed by atoms with van der Waals surface area (Å²) in [6, 6.07) is 7.89. The van der Waals surface area contributed by atoms with Gasteiger partial charge < -0.3 is 35.4 Å². The predicted octanol–water partition coefficient (Wildman–Crippen LogP) is 2.24. The molecule has 0 spiro atoms. The molecule has 0 saturated carbocycles. The van der Waals surface area contributed by atoms with E-state index in [0.29, 0.717) is 13.2 Å². The number of carbonyl (C=O) groups is 2. The van der Waals surface area contributed by atoms with Crippen molar-refractivity contribution in [3.05, 3.63) is 82.8 Å². The molecule has 39 heavy (non-hydrogen) atoms. The number of aliphatic hydroxyl groups is 4. The van der Waals surface area contributed by atoms with E-state index < -0.39 is 29.1 Å². The summed E-state index contributed by atoms with van der Waals surface area (Å²) in [5.41, 5.74) is -0.115. The van der Waals surface area contributed by atoms with Gasteiger partial charge in [-0.25, -0.2) is 0 Å². The van der Waals surface area contributed by atoms with Crippen LogP contribution in [-0.4, -0.2) is 80.6 Å². The Hall–Kier alpha value is -3.80. The number of nitrogens with zero attached hydrogens (tertiary/aromatic N) is 2. The van der Waals surface area contributed by atoms with E-state index in [1.165, 1.54) is 4.90 Å². The Labute approximate surface area is 228 Å². The quantitative estimate of drug-likeness (QED) is 0.223. The Kier molecular flexibility index (Phi) is 9.79. The van der Waals surface area contributed by atoms with Crippen molar-refractivity contribution in [2.75, 3.05) is 32.8 Å². The molecular formula is C28H38N4O7. The van der Waals surface area contributed by atoms with Gasteiger partial charge in [-0.05, 0) is 11.1 Å². The molecule has 0 radical (unpaired) electrons. The first-order valence-corrected chi connectivity index (χ1v) is 13.0. The van der Waals surface area contributed by atoms with E-state index in [9.17, 15) is 30.0 Å². The van der Waals surface area contributed by atoms with Crippen LogP contribution in [0.5, 0.6) is 0 Å². The van der Waals surface area contributed by atoms with E-state index in [1.807, 2.05) is 38.1 Å². The molecule has 11 nitrogen and oxygen atoms in total. The number of nitrogens with one attached hydrogen (secondary N) is 2. The van der Waals surface area contributed by atoms with E-state index in [1.54, 1.807) is 0 Å². The summed E-state index contributed by atoms with van der Waals surface area (Å²) in [5, 5.41) is 47.4. The molecule has 0 aromatic heterocycles. The molecule has 212 valence electrons. The van der Waals surface area contributed by atoms with Gasteiger partial charge in [0.2, 0.25) is 11.6 Å². The smallest absolute Gasteiger partial charge is 0.279 e. The number of aliphatic hydroxyl groups excluding tert-OH is 3. The van der Waals surface area contributed by atoms with Crippen LogP contribution in [0.2, 0.25) is 0 Å². The number of ether oxygens (including phenoxy) is 1. The predicted molar refractivity (Wildman–Crippen MR) is 145 cm³/mol. The molecule has 3 aliphatic heterocycles. The summed E-state index contributed by atoms with van der Waals surface area (Å²) >= 11 is 0. The van der Waals surface area contributed by atoms with Crippen molar-refractivity contribution < 1.29 is 34.8 Å². The number of hydrogen-bond donors (Lipinski definition) is 6. The fourth-order valence-corrected chi connectivity index (χ4v) is 4.71. The number of hydrogen-bond acceptors (Lipinski definition) is 10. The Morgan fingerprint density at radius 1 is 1.15 bits per heavy atom. The lowest BCUT2D eigenvalue weighted by molar-refractivity contribution is -0.167. The molecule has 3 aliphatic rings. The van der Waals surface area contributed by atoms with E-state index in [4.69, 9.17) is 4.74 Å². The van der Waals surface area contributed by atoms with Crippen molar-refractivity contribution in [2.24, 2.45) is 0 Å². The maximum Gasteiger partial charge on any atom is 0.279 e. The number of imide groups is 1. The maximum atomic E-state index is 12.5. The summed E-state index contributed by atoms with van der Waals surface area (Å²) in [6.45, 7) is 15.1. The summed E-state index contributed by atoms with van der Waals surface area (Å²) in [7, 11) is 0. The summed E-state index contributed by atoms with van der Waals surface area (Å²) in [6.07, 6.45) is -0.309. The Morgan fingerprint density at radius 3 is 2.46 bits per heavy atom. The van der Waals surface area contributed by atoms with Crippen LogP contribution < -0.4 is 10.6 Å². The topological polar surface area (TPSA) is 155 Å². The van der Waals surface area contributed by atoms with Gasteiger partial charge in [-0.3, -0.25) is 19.8 Å². The highest BCUT2D eigenvalue weighted by molar-refractivity contribution is 6.02. The molecular weight excluding hydrogens is 504 g/mol. The number of piperidine rings is 1. The van der Waals surface area contributed by atoms with Crippen LogP contribution in [0.1, 0.15) is 37.8 Å². The lowest BCUT2D eigenvalue weighted by Crippen LogP contribution is -2.61. The average molecular weight is 543 g/mol. The van der Waals surface area contributed by atoms with Gasteiger partial charge in [-0.15, -0.1) is 0 Å². The van der Waals surface area contributed by atoms with E-state index in [-0.39, 0.29) is 48.7 Å². The zero-order chi connectivity index (χ0) is 28.7. The van der Waals surface area contributed by atoms with Gasteiger partial charge >= 0.3 is 0 Å². The normalized spacial score (nSPS) is 24.5. The van der Waals surface area contributed by atoms with Crippen LogP contribution in [0.3, 0.4) is 0 Å². The number of allylic oxidation sites excluding steroid dienone is 1. The lowest BCUT2D eigenvalue weighted by atomic mass is 9.99. The summed E-state index contributed by atoms with van der Waals surface area (Å²) in [4.78, 5) is 27.6. The first-order chi connectivity index (χ1) is 18.6. The van der Waals surface area contributed by atoms with E-state index in [0.717, 1.165) is 30.8 Å². The van der Waals surface area contributed by atoms with Gasteiger partial charge in [0.25, 0.3) is 5.91 Å². The highest BCUT2D eigenvalue weighted by atomic mass is 16.5. The zero-order valence-electron chi connectivity index (χ0n) is 22.5. The second-order valence-electron chi connectivity index (χ2n) is 9.29. The molecule has 1 aromatic carbocycles. The molecule has 6 N–H and O–H groups in total. The molecule has 4 rings (SSSR count). The number of morpholine rings is 1. The third-order valence-corrected chi connectivity index (χ3v) is 6.75. The second kappa shape index (κ2) is 12.8. The van der Waals surface area contributed by atoms with Crippen molar-refractivity contribution in [2.45, 2.75) is 45.5 Å². The molecule has 3 heterocycles. The van der Waals surface area contributed by atoms with Gasteiger partial charge in [0.1, 0.15) is 0 Å². The minimum absolute atomic E-state index is 0.0180. The van der Waals surface area contributed by atoms with Gasteiger partial charge in [-0.1, -0.05) is 51.3 Å². The highest BCUT2D eigenvalue weighted by Crippen LogP contribution is 2.41. The van der Waals surface area contributed by atoms with E-state index >= 15 is 0 Å². The molecule has 11 heteroatoms. The molecule has 3 saturated heterocycles. The number of benzene rings is 1. The first-order valence-electron chi connectivity index (χ1n) is 13.0. The molecule has 1 unspecified atom stereocenters. The van der Waals surface area contributed by atoms with Crippen LogP contribution in [0, 0.1) is 0 Å². The number of carbonyl (C=O) groups excluding carboxylic acids is 2. The second-order valence-corrected chi connectivity index (χ2v) is 9.29. The minimum Gasteiger partial charge on any atom is -0.505 e. The fourth-order valence-electron chi connectivity index (χ4n) is 4.71. The Balaban J connectivity index is 0.00000205. The van der Waals surface area contributed by atoms with Crippen LogP contribution in [0.15, 0.2) is 71.7 Å². The number of rotatable bonds is 7. The third kappa shape index (κ3) is 6.62. The monoisotopic (exact) mass is 542 g/mol.